The molecule has 1 saturated heterocycles. The van der Waals surface area contributed by atoms with E-state index in [9.17, 15) is 19.2 Å². The van der Waals surface area contributed by atoms with Crippen LogP contribution in [-0.4, -0.2) is 73.3 Å². The molecule has 2 aliphatic heterocycles. The number of amides is 4. The Morgan fingerprint density at radius 3 is 2.25 bits per heavy atom. The summed E-state index contributed by atoms with van der Waals surface area (Å²) in [5, 5.41) is 11.0. The first-order chi connectivity index (χ1) is 26.6. The molecular weight excluding hydrogens is 733 g/mol. The molecule has 2 aliphatic rings. The standard InChI is InChI=1S/C44H49Cl2N5O4/c1-50-23-7-22-47-36(25-31-13-18-35(45)19-14-31)27-41(52)49-39-21-17-33-10-5-6-11-40(33)51(44(39)55)29-42(53)48-37(28-43(50)54)26-32-15-20-38(46)34(24-32)16-12-30-8-3-2-4-9-30/h2-6,8-11,13-15,18-20,24,36-37,39,47H,7,12,16-17,21-23,25-29H2,1H3,(H,48,53)(H,49,52)/t36-,37+,39-/m0/s1. The lowest BCUT2D eigenvalue weighted by atomic mass is 9.98. The Hall–Kier alpha value is -4.70. The second kappa shape index (κ2) is 19.2. The van der Waals surface area contributed by atoms with Gasteiger partial charge in [0, 0.05) is 54.3 Å². The van der Waals surface area contributed by atoms with Gasteiger partial charge in [-0.15, -0.1) is 0 Å². The second-order valence-electron chi connectivity index (χ2n) is 14.7. The van der Waals surface area contributed by atoms with Crippen molar-refractivity contribution >= 4 is 52.5 Å². The highest BCUT2D eigenvalue weighted by molar-refractivity contribution is 6.31. The minimum atomic E-state index is -0.808. The fourth-order valence-electron chi connectivity index (χ4n) is 7.47. The van der Waals surface area contributed by atoms with E-state index in [0.29, 0.717) is 60.9 Å². The predicted octanol–water partition coefficient (Wildman–Crippen LogP) is 6.11. The first-order valence-corrected chi connectivity index (χ1v) is 19.9. The lowest BCUT2D eigenvalue weighted by Gasteiger charge is -2.28. The number of nitrogens with one attached hydrogen (secondary N) is 3. The maximum Gasteiger partial charge on any atom is 0.250 e. The second-order valence-corrected chi connectivity index (χ2v) is 15.5. The average molecular weight is 783 g/mol. The van der Waals surface area contributed by atoms with Gasteiger partial charge in [-0.2, -0.15) is 0 Å². The summed E-state index contributed by atoms with van der Waals surface area (Å²) in [6.45, 7) is 0.815. The topological polar surface area (TPSA) is 111 Å². The van der Waals surface area contributed by atoms with E-state index < -0.39 is 12.1 Å². The van der Waals surface area contributed by atoms with Gasteiger partial charge in [-0.25, -0.2) is 0 Å². The number of hydrogen-bond donors (Lipinski definition) is 3. The van der Waals surface area contributed by atoms with Gasteiger partial charge in [-0.3, -0.25) is 19.2 Å². The molecule has 9 nitrogen and oxygen atoms in total. The number of anilines is 1. The number of hydrogen-bond acceptors (Lipinski definition) is 5. The molecule has 0 aliphatic carbocycles. The molecule has 1 fully saturated rings. The van der Waals surface area contributed by atoms with Crippen LogP contribution in [-0.2, 0) is 51.3 Å². The minimum Gasteiger partial charge on any atom is -0.351 e. The highest BCUT2D eigenvalue weighted by Crippen LogP contribution is 2.27. The number of rotatable bonds is 7. The van der Waals surface area contributed by atoms with E-state index in [1.165, 1.54) is 10.5 Å². The Bertz CT molecular complexity index is 1960. The Morgan fingerprint density at radius 2 is 1.45 bits per heavy atom. The lowest BCUT2D eigenvalue weighted by molar-refractivity contribution is -0.131. The van der Waals surface area contributed by atoms with Crippen LogP contribution in [0.5, 0.6) is 0 Å². The molecule has 0 saturated carbocycles. The molecule has 3 N–H and O–H groups in total. The quantitative estimate of drug-likeness (QED) is 0.210. The van der Waals surface area contributed by atoms with Gasteiger partial charge in [0.2, 0.25) is 23.6 Å². The molecule has 3 atom stereocenters. The van der Waals surface area contributed by atoms with Crippen LogP contribution >= 0.6 is 23.2 Å². The summed E-state index contributed by atoms with van der Waals surface area (Å²) in [7, 11) is 1.77. The van der Waals surface area contributed by atoms with Crippen LogP contribution in [0.2, 0.25) is 10.0 Å². The van der Waals surface area contributed by atoms with Gasteiger partial charge in [0.15, 0.2) is 0 Å². The van der Waals surface area contributed by atoms with Gasteiger partial charge in [0.25, 0.3) is 0 Å². The maximum atomic E-state index is 14.2. The normalized spacial score (nSPS) is 20.5. The highest BCUT2D eigenvalue weighted by atomic mass is 35.5. The molecule has 288 valence electrons. The fourth-order valence-corrected chi connectivity index (χ4v) is 7.81. The smallest absolute Gasteiger partial charge is 0.250 e. The van der Waals surface area contributed by atoms with Crippen molar-refractivity contribution in [2.45, 2.75) is 75.9 Å². The molecule has 55 heavy (non-hydrogen) atoms. The first kappa shape index (κ1) is 40.0. The van der Waals surface area contributed by atoms with E-state index >= 15 is 0 Å². The van der Waals surface area contributed by atoms with Gasteiger partial charge >= 0.3 is 0 Å². The summed E-state index contributed by atoms with van der Waals surface area (Å²) in [6, 6.07) is 29.6. The summed E-state index contributed by atoms with van der Waals surface area (Å²) in [5.41, 5.74) is 5.75. The zero-order valence-electron chi connectivity index (χ0n) is 31.2. The number of fused-ring (bicyclic) bond motifs is 4. The number of halogens is 2. The van der Waals surface area contributed by atoms with Crippen LogP contribution < -0.4 is 20.9 Å². The van der Waals surface area contributed by atoms with E-state index in [2.05, 4.69) is 34.1 Å². The number of aryl methyl sites for hydroxylation is 3. The molecule has 4 amide bonds. The Labute approximate surface area is 333 Å². The van der Waals surface area contributed by atoms with Crippen LogP contribution in [0.1, 0.15) is 53.5 Å². The van der Waals surface area contributed by atoms with Crippen molar-refractivity contribution < 1.29 is 19.2 Å². The maximum absolute atomic E-state index is 14.2. The number of benzene rings is 4. The van der Waals surface area contributed by atoms with Gasteiger partial charge in [-0.05, 0) is 104 Å². The largest absolute Gasteiger partial charge is 0.351 e. The summed E-state index contributed by atoms with van der Waals surface area (Å²) >= 11 is 12.8. The van der Waals surface area contributed by atoms with Gasteiger partial charge in [0.1, 0.15) is 12.6 Å². The summed E-state index contributed by atoms with van der Waals surface area (Å²) in [5.74, 6) is -1.08. The monoisotopic (exact) mass is 781 g/mol. The lowest BCUT2D eigenvalue weighted by Crippen LogP contribution is -2.52. The molecule has 2 bridgehead atoms. The molecule has 0 aromatic heterocycles. The molecule has 0 spiro atoms. The van der Waals surface area contributed by atoms with Crippen LogP contribution in [0.3, 0.4) is 0 Å². The third kappa shape index (κ3) is 11.4. The van der Waals surface area contributed by atoms with Crippen molar-refractivity contribution in [3.8, 4) is 0 Å². The van der Waals surface area contributed by atoms with E-state index in [1.54, 1.807) is 11.9 Å². The van der Waals surface area contributed by atoms with Gasteiger partial charge in [-0.1, -0.05) is 96.0 Å². The first-order valence-electron chi connectivity index (χ1n) is 19.1. The fraction of sp³-hybridized carbons (Fsp3) is 0.364. The van der Waals surface area contributed by atoms with E-state index in [-0.39, 0.29) is 49.1 Å². The van der Waals surface area contributed by atoms with E-state index in [0.717, 1.165) is 35.1 Å². The van der Waals surface area contributed by atoms with Crippen molar-refractivity contribution in [2.24, 2.45) is 0 Å². The average Bonchev–Trinajstić information content (AvgIpc) is 3.29. The molecule has 0 radical (unpaired) electrons. The van der Waals surface area contributed by atoms with Crippen molar-refractivity contribution in [1.82, 2.24) is 20.9 Å². The van der Waals surface area contributed by atoms with Crippen molar-refractivity contribution in [3.63, 3.8) is 0 Å². The Kier molecular flexibility index (Phi) is 14.0. The van der Waals surface area contributed by atoms with Gasteiger partial charge < -0.3 is 25.8 Å². The van der Waals surface area contributed by atoms with E-state index in [1.807, 2.05) is 78.9 Å². The molecule has 2 heterocycles. The zero-order chi connectivity index (χ0) is 38.7. The number of nitrogens with zero attached hydrogens (tertiary/aromatic N) is 2. The Morgan fingerprint density at radius 1 is 0.727 bits per heavy atom. The predicted molar refractivity (Wildman–Crippen MR) is 218 cm³/mol. The van der Waals surface area contributed by atoms with Crippen LogP contribution in [0.25, 0.3) is 0 Å². The molecule has 0 unspecified atom stereocenters. The molecule has 4 aromatic carbocycles. The van der Waals surface area contributed by atoms with Crippen molar-refractivity contribution in [2.75, 3.05) is 31.6 Å². The van der Waals surface area contributed by atoms with Crippen molar-refractivity contribution in [3.05, 3.63) is 135 Å². The number of carbonyl (C=O) groups is 4. The van der Waals surface area contributed by atoms with E-state index in [4.69, 9.17) is 23.2 Å². The summed E-state index contributed by atoms with van der Waals surface area (Å²) < 4.78 is 0. The van der Waals surface area contributed by atoms with Gasteiger partial charge in [0.05, 0.1) is 0 Å². The summed E-state index contributed by atoms with van der Waals surface area (Å²) in [6.07, 6.45) is 4.41. The number of para-hydroxylation sites is 1. The summed E-state index contributed by atoms with van der Waals surface area (Å²) in [4.78, 5) is 58.7. The van der Waals surface area contributed by atoms with Crippen LogP contribution in [0.4, 0.5) is 5.69 Å². The molecule has 4 aromatic rings. The minimum absolute atomic E-state index is 0.0834. The van der Waals surface area contributed by atoms with Crippen LogP contribution in [0.15, 0.2) is 97.1 Å². The number of carbonyl (C=O) groups excluding carboxylic acids is 4. The molecule has 11 heteroatoms. The highest BCUT2D eigenvalue weighted by Gasteiger charge is 2.33. The molecular formula is C44H49Cl2N5O4. The molecule has 6 rings (SSSR count). The Balaban J connectivity index is 1.24. The SMILES string of the molecule is CN1CCCN[C@@H](Cc2ccc(Cl)cc2)CC(=O)N[C@H]2CCc3ccccc3N(CC(=O)N[C@H](Cc3ccc(Cl)c(CCc4ccccc4)c3)CC1=O)C2=O. The third-order valence-electron chi connectivity index (χ3n) is 10.4. The van der Waals surface area contributed by atoms with Crippen molar-refractivity contribution in [1.29, 1.82) is 0 Å². The zero-order valence-corrected chi connectivity index (χ0v) is 32.8. The van der Waals surface area contributed by atoms with Crippen LogP contribution in [0, 0.1) is 0 Å². The third-order valence-corrected chi connectivity index (χ3v) is 11.1.